The summed E-state index contributed by atoms with van der Waals surface area (Å²) in [6, 6.07) is 0.627. The molecule has 2 N–H and O–H groups in total. The molecule has 1 aromatic heterocycles. The Morgan fingerprint density at radius 2 is 2.47 bits per heavy atom. The van der Waals surface area contributed by atoms with Gasteiger partial charge in [-0.3, -0.25) is 4.99 Å². The number of nitrogens with zero attached hydrogens (tertiary/aromatic N) is 4. The minimum atomic E-state index is 0.627. The molecule has 0 aromatic carbocycles. The number of hydrogen-bond acceptors (Lipinski definition) is 2. The first kappa shape index (κ1) is 10.0. The van der Waals surface area contributed by atoms with Crippen LogP contribution in [0.3, 0.4) is 0 Å². The van der Waals surface area contributed by atoms with Crippen molar-refractivity contribution in [3.8, 4) is 0 Å². The number of hydrogen-bond donors (Lipinski definition) is 1. The molecule has 1 aliphatic carbocycles. The molecular formula is C10H17N5. The summed E-state index contributed by atoms with van der Waals surface area (Å²) in [4.78, 5) is 10.4. The second kappa shape index (κ2) is 4.33. The lowest BCUT2D eigenvalue weighted by Gasteiger charge is -2.16. The minimum Gasteiger partial charge on any atom is -0.370 e. The molecule has 1 fully saturated rings. The van der Waals surface area contributed by atoms with Crippen molar-refractivity contribution in [3.05, 3.63) is 18.7 Å². The van der Waals surface area contributed by atoms with Crippen molar-refractivity contribution in [2.24, 2.45) is 10.7 Å². The molecular weight excluding hydrogens is 190 g/mol. The van der Waals surface area contributed by atoms with Crippen molar-refractivity contribution in [2.45, 2.75) is 25.4 Å². The van der Waals surface area contributed by atoms with Crippen molar-refractivity contribution in [1.82, 2.24) is 14.5 Å². The highest BCUT2D eigenvalue weighted by molar-refractivity contribution is 5.78. The summed E-state index contributed by atoms with van der Waals surface area (Å²) in [5, 5.41) is 0. The van der Waals surface area contributed by atoms with E-state index in [-0.39, 0.29) is 0 Å². The Balaban J connectivity index is 1.77. The highest BCUT2D eigenvalue weighted by Crippen LogP contribution is 2.24. The lowest BCUT2D eigenvalue weighted by molar-refractivity contribution is 0.486. The number of guanidine groups is 1. The summed E-state index contributed by atoms with van der Waals surface area (Å²) in [6.45, 7) is 1.54. The van der Waals surface area contributed by atoms with Crippen molar-refractivity contribution in [2.75, 3.05) is 13.6 Å². The van der Waals surface area contributed by atoms with E-state index >= 15 is 0 Å². The SMILES string of the molecule is CN(C(N)=NCCn1ccnc1)C1CC1. The smallest absolute Gasteiger partial charge is 0.191 e. The van der Waals surface area contributed by atoms with Gasteiger partial charge in [0.2, 0.25) is 0 Å². The van der Waals surface area contributed by atoms with Crippen LogP contribution in [0.1, 0.15) is 12.8 Å². The molecule has 1 aliphatic rings. The molecule has 0 amide bonds. The standard InChI is InChI=1S/C10H17N5/c1-14(9-2-3-9)10(11)13-5-7-15-6-4-12-8-15/h4,6,8-9H,2-3,5,7H2,1H3,(H2,11,13). The summed E-state index contributed by atoms with van der Waals surface area (Å²) in [6.07, 6.45) is 7.97. The Hall–Kier alpha value is -1.52. The second-order valence-electron chi connectivity index (χ2n) is 3.88. The van der Waals surface area contributed by atoms with E-state index in [0.29, 0.717) is 18.5 Å². The van der Waals surface area contributed by atoms with Gasteiger partial charge in [0.25, 0.3) is 0 Å². The quantitative estimate of drug-likeness (QED) is 0.570. The third kappa shape index (κ3) is 2.71. The van der Waals surface area contributed by atoms with E-state index in [2.05, 4.69) is 14.9 Å². The van der Waals surface area contributed by atoms with E-state index in [1.54, 1.807) is 12.5 Å². The summed E-state index contributed by atoms with van der Waals surface area (Å²) < 4.78 is 1.99. The summed E-state index contributed by atoms with van der Waals surface area (Å²) in [5.74, 6) is 0.651. The zero-order chi connectivity index (χ0) is 10.7. The van der Waals surface area contributed by atoms with E-state index in [9.17, 15) is 0 Å². The summed E-state index contributed by atoms with van der Waals surface area (Å²) >= 11 is 0. The van der Waals surface area contributed by atoms with Gasteiger partial charge in [-0.05, 0) is 12.8 Å². The van der Waals surface area contributed by atoms with E-state index in [4.69, 9.17) is 5.73 Å². The molecule has 0 spiro atoms. The Bertz CT molecular complexity index is 326. The molecule has 0 radical (unpaired) electrons. The monoisotopic (exact) mass is 207 g/mol. The van der Waals surface area contributed by atoms with Gasteiger partial charge in [0, 0.05) is 32.0 Å². The third-order valence-corrected chi connectivity index (χ3v) is 2.65. The fourth-order valence-corrected chi connectivity index (χ4v) is 1.46. The van der Waals surface area contributed by atoms with Crippen LogP contribution in [0.25, 0.3) is 0 Å². The van der Waals surface area contributed by atoms with Gasteiger partial charge in [-0.1, -0.05) is 0 Å². The van der Waals surface area contributed by atoms with Crippen LogP contribution < -0.4 is 5.73 Å². The molecule has 0 atom stereocenters. The number of aliphatic imine (C=N–C) groups is 1. The maximum absolute atomic E-state index is 5.85. The van der Waals surface area contributed by atoms with Crippen LogP contribution in [0.2, 0.25) is 0 Å². The molecule has 82 valence electrons. The molecule has 1 heterocycles. The molecule has 2 rings (SSSR count). The molecule has 0 bridgehead atoms. The number of imidazole rings is 1. The zero-order valence-electron chi connectivity index (χ0n) is 9.00. The van der Waals surface area contributed by atoms with Gasteiger partial charge in [0.1, 0.15) is 0 Å². The maximum atomic E-state index is 5.85. The molecule has 5 nitrogen and oxygen atoms in total. The van der Waals surface area contributed by atoms with Gasteiger partial charge in [0.05, 0.1) is 12.9 Å². The number of aromatic nitrogens is 2. The molecule has 0 saturated heterocycles. The average molecular weight is 207 g/mol. The predicted molar refractivity (Wildman–Crippen MR) is 59.5 cm³/mol. The van der Waals surface area contributed by atoms with Gasteiger partial charge < -0.3 is 15.2 Å². The second-order valence-corrected chi connectivity index (χ2v) is 3.88. The van der Waals surface area contributed by atoms with Crippen LogP contribution in [0.5, 0.6) is 0 Å². The number of nitrogens with two attached hydrogens (primary N) is 1. The molecule has 0 aliphatic heterocycles. The fraction of sp³-hybridized carbons (Fsp3) is 0.600. The van der Waals surface area contributed by atoms with E-state index < -0.39 is 0 Å². The van der Waals surface area contributed by atoms with Crippen molar-refractivity contribution >= 4 is 5.96 Å². The van der Waals surface area contributed by atoms with Crippen LogP contribution in [0.4, 0.5) is 0 Å². The van der Waals surface area contributed by atoms with Gasteiger partial charge in [-0.2, -0.15) is 0 Å². The Morgan fingerprint density at radius 3 is 3.07 bits per heavy atom. The first-order valence-electron chi connectivity index (χ1n) is 5.26. The number of rotatable bonds is 4. The largest absolute Gasteiger partial charge is 0.370 e. The van der Waals surface area contributed by atoms with Gasteiger partial charge in [0.15, 0.2) is 5.96 Å². The van der Waals surface area contributed by atoms with Crippen LogP contribution >= 0.6 is 0 Å². The first-order chi connectivity index (χ1) is 7.27. The van der Waals surface area contributed by atoms with Crippen LogP contribution in [-0.4, -0.2) is 40.0 Å². The van der Waals surface area contributed by atoms with Gasteiger partial charge in [-0.25, -0.2) is 4.98 Å². The maximum Gasteiger partial charge on any atom is 0.191 e. The van der Waals surface area contributed by atoms with Crippen LogP contribution in [0.15, 0.2) is 23.7 Å². The minimum absolute atomic E-state index is 0.627. The fourth-order valence-electron chi connectivity index (χ4n) is 1.46. The molecule has 5 heteroatoms. The Morgan fingerprint density at radius 1 is 1.67 bits per heavy atom. The molecule has 1 saturated carbocycles. The molecule has 15 heavy (non-hydrogen) atoms. The lowest BCUT2D eigenvalue weighted by Crippen LogP contribution is -2.35. The Kier molecular flexibility index (Phi) is 2.89. The first-order valence-corrected chi connectivity index (χ1v) is 5.26. The summed E-state index contributed by atoms with van der Waals surface area (Å²) in [5.41, 5.74) is 5.85. The van der Waals surface area contributed by atoms with Crippen LogP contribution in [-0.2, 0) is 6.54 Å². The van der Waals surface area contributed by atoms with E-state index in [0.717, 1.165) is 6.54 Å². The highest BCUT2D eigenvalue weighted by atomic mass is 15.3. The highest BCUT2D eigenvalue weighted by Gasteiger charge is 2.27. The van der Waals surface area contributed by atoms with Crippen LogP contribution in [0, 0.1) is 0 Å². The average Bonchev–Trinajstić information content (AvgIpc) is 2.96. The zero-order valence-corrected chi connectivity index (χ0v) is 9.00. The normalized spacial score (nSPS) is 16.7. The van der Waals surface area contributed by atoms with Crippen molar-refractivity contribution < 1.29 is 0 Å². The lowest BCUT2D eigenvalue weighted by atomic mass is 10.6. The summed E-state index contributed by atoms with van der Waals surface area (Å²) in [7, 11) is 2.01. The molecule has 1 aromatic rings. The van der Waals surface area contributed by atoms with E-state index in [1.165, 1.54) is 12.8 Å². The third-order valence-electron chi connectivity index (χ3n) is 2.65. The Labute approximate surface area is 89.6 Å². The van der Waals surface area contributed by atoms with Crippen molar-refractivity contribution in [1.29, 1.82) is 0 Å². The van der Waals surface area contributed by atoms with E-state index in [1.807, 2.05) is 17.8 Å². The molecule has 0 unspecified atom stereocenters. The topological polar surface area (TPSA) is 59.4 Å². The predicted octanol–water partition coefficient (Wildman–Crippen LogP) is 0.292. The van der Waals surface area contributed by atoms with Gasteiger partial charge >= 0.3 is 0 Å². The van der Waals surface area contributed by atoms with Gasteiger partial charge in [-0.15, -0.1) is 0 Å². The van der Waals surface area contributed by atoms with Crippen molar-refractivity contribution in [3.63, 3.8) is 0 Å².